The van der Waals surface area contributed by atoms with E-state index in [4.69, 9.17) is 4.74 Å². The Balaban J connectivity index is 1.61. The van der Waals surface area contributed by atoms with Gasteiger partial charge in [0.1, 0.15) is 0 Å². The van der Waals surface area contributed by atoms with Crippen LogP contribution in [0.25, 0.3) is 0 Å². The maximum atomic E-state index is 13.8. The van der Waals surface area contributed by atoms with Crippen molar-refractivity contribution in [3.05, 3.63) is 82.4 Å². The number of rotatable bonds is 12. The number of ether oxygens (including phenoxy) is 1. The fraction of sp³-hybridized carbons (Fsp3) is 0.412. The predicted octanol–water partition coefficient (Wildman–Crippen LogP) is 3.60. The number of hydrogen-bond donors (Lipinski definition) is 2. The zero-order valence-electron chi connectivity index (χ0n) is 25.9. The number of carbonyl (C=O) groups excluding carboxylic acids is 6. The number of imide groups is 2. The molecule has 5 amide bonds. The van der Waals surface area contributed by atoms with Crippen LogP contribution < -0.4 is 10.6 Å². The molecular formula is C34H38N4O7. The molecule has 2 N–H and O–H groups in total. The van der Waals surface area contributed by atoms with Crippen LogP contribution in [-0.2, 0) is 14.3 Å². The van der Waals surface area contributed by atoms with E-state index < -0.39 is 48.1 Å². The summed E-state index contributed by atoms with van der Waals surface area (Å²) in [5.74, 6) is -3.18. The molecule has 11 nitrogen and oxygen atoms in total. The fourth-order valence-electron chi connectivity index (χ4n) is 6.28. The Kier molecular flexibility index (Phi) is 9.40. The zero-order valence-corrected chi connectivity index (χ0v) is 25.9. The van der Waals surface area contributed by atoms with E-state index in [1.807, 2.05) is 20.8 Å². The highest BCUT2D eigenvalue weighted by Gasteiger charge is 2.50. The van der Waals surface area contributed by atoms with Gasteiger partial charge in [-0.25, -0.2) is 9.80 Å². The second kappa shape index (κ2) is 13.3. The van der Waals surface area contributed by atoms with Crippen molar-refractivity contribution in [3.8, 4) is 0 Å². The normalized spacial score (nSPS) is 21.0. The molecule has 0 bridgehead atoms. The van der Waals surface area contributed by atoms with E-state index in [9.17, 15) is 28.8 Å². The van der Waals surface area contributed by atoms with E-state index in [0.29, 0.717) is 31.3 Å². The third-order valence-electron chi connectivity index (χ3n) is 8.56. The number of amides is 5. The summed E-state index contributed by atoms with van der Waals surface area (Å²) in [6.07, 6.45) is 1.64. The van der Waals surface area contributed by atoms with Gasteiger partial charge in [-0.2, -0.15) is 0 Å². The number of carbonyl (C=O) groups is 6. The van der Waals surface area contributed by atoms with Gasteiger partial charge < -0.3 is 10.1 Å². The minimum Gasteiger partial charge on any atom is -0.369 e. The first kappa shape index (κ1) is 31.9. The Labute approximate surface area is 262 Å². The first-order chi connectivity index (χ1) is 21.6. The molecule has 0 unspecified atom stereocenters. The van der Waals surface area contributed by atoms with Gasteiger partial charge in [0.15, 0.2) is 12.1 Å². The molecule has 0 radical (unpaired) electrons. The largest absolute Gasteiger partial charge is 0.369 e. The van der Waals surface area contributed by atoms with Crippen LogP contribution in [0.5, 0.6) is 0 Å². The van der Waals surface area contributed by atoms with E-state index in [1.165, 1.54) is 31.2 Å². The second-order valence-electron chi connectivity index (χ2n) is 11.5. The van der Waals surface area contributed by atoms with Gasteiger partial charge in [0.05, 0.1) is 40.5 Å². The molecule has 0 fully saturated rings. The molecule has 2 heterocycles. The maximum Gasteiger partial charge on any atom is 0.264 e. The Morgan fingerprint density at radius 2 is 1.29 bits per heavy atom. The van der Waals surface area contributed by atoms with Gasteiger partial charge in [-0.15, -0.1) is 0 Å². The van der Waals surface area contributed by atoms with Crippen molar-refractivity contribution >= 4 is 35.3 Å². The van der Waals surface area contributed by atoms with Crippen molar-refractivity contribution in [2.45, 2.75) is 90.4 Å². The SMILES string of the molecule is CCCC(=O)C1=C[C@@H](OC(CC)CC)[C@H](NC(C)=O)[C@@H](NC(N2C(=O)c3ccccc3C2=O)N2C(=O)c3ccccc3C2=O)C1. The highest BCUT2D eigenvalue weighted by Crippen LogP contribution is 2.32. The summed E-state index contributed by atoms with van der Waals surface area (Å²) < 4.78 is 6.43. The predicted molar refractivity (Wildman–Crippen MR) is 164 cm³/mol. The van der Waals surface area contributed by atoms with Gasteiger partial charge in [-0.1, -0.05) is 45.0 Å². The molecule has 11 heteroatoms. The molecule has 0 spiro atoms. The topological polar surface area (TPSA) is 142 Å². The fourth-order valence-corrected chi connectivity index (χ4v) is 6.28. The van der Waals surface area contributed by atoms with Gasteiger partial charge in [-0.05, 0) is 61.6 Å². The van der Waals surface area contributed by atoms with E-state index >= 15 is 0 Å². The van der Waals surface area contributed by atoms with Crippen LogP contribution in [0.4, 0.5) is 0 Å². The number of benzene rings is 2. The molecule has 2 aliphatic heterocycles. The molecule has 2 aromatic rings. The van der Waals surface area contributed by atoms with E-state index in [2.05, 4.69) is 10.6 Å². The Bertz CT molecular complexity index is 1430. The minimum atomic E-state index is -1.57. The standard InChI is InChI=1S/C34H38N4O7/c1-5-12-27(40)20-17-26(29(35-19(4)39)28(18-20)45-21(6-2)7-3)36-34(37-30(41)22-13-8-9-14-23(22)31(37)42)38-32(43)24-15-10-11-16-25(24)33(38)44/h8-11,13-16,18,21,26,28-29,34,36H,5-7,12,17H2,1-4H3,(H,35,39)/t26-,28+,29+/m0/s1. The zero-order chi connectivity index (χ0) is 32.4. The molecule has 2 aromatic carbocycles. The Morgan fingerprint density at radius 1 is 0.822 bits per heavy atom. The number of nitrogens with one attached hydrogen (secondary N) is 2. The van der Waals surface area contributed by atoms with Crippen molar-refractivity contribution in [3.63, 3.8) is 0 Å². The minimum absolute atomic E-state index is 0.0927. The van der Waals surface area contributed by atoms with Crippen molar-refractivity contribution in [2.24, 2.45) is 0 Å². The van der Waals surface area contributed by atoms with Gasteiger partial charge in [0.2, 0.25) is 5.91 Å². The number of Topliss-reactive ketones (excluding diaryl/α,β-unsaturated/α-hetero) is 1. The average Bonchev–Trinajstić information content (AvgIpc) is 3.44. The van der Waals surface area contributed by atoms with Gasteiger partial charge in [-0.3, -0.25) is 34.1 Å². The summed E-state index contributed by atoms with van der Waals surface area (Å²) in [6, 6.07) is 11.0. The summed E-state index contributed by atoms with van der Waals surface area (Å²) in [7, 11) is 0. The highest BCUT2D eigenvalue weighted by molar-refractivity contribution is 6.24. The van der Waals surface area contributed by atoms with E-state index in [-0.39, 0.29) is 46.5 Å². The van der Waals surface area contributed by atoms with E-state index in [0.717, 1.165) is 9.80 Å². The smallest absolute Gasteiger partial charge is 0.264 e. The van der Waals surface area contributed by atoms with Crippen LogP contribution in [0.3, 0.4) is 0 Å². The number of nitrogens with zero attached hydrogens (tertiary/aromatic N) is 2. The van der Waals surface area contributed by atoms with Crippen molar-refractivity contribution in [1.82, 2.24) is 20.4 Å². The first-order valence-electron chi connectivity index (χ1n) is 15.5. The number of ketones is 1. The molecular weight excluding hydrogens is 576 g/mol. The van der Waals surface area contributed by atoms with Crippen LogP contribution in [0.1, 0.15) is 101 Å². The van der Waals surface area contributed by atoms with Crippen LogP contribution in [0.15, 0.2) is 60.2 Å². The maximum absolute atomic E-state index is 13.8. The van der Waals surface area contributed by atoms with Gasteiger partial charge >= 0.3 is 0 Å². The van der Waals surface area contributed by atoms with Crippen LogP contribution >= 0.6 is 0 Å². The molecule has 236 valence electrons. The molecule has 0 saturated carbocycles. The summed E-state index contributed by atoms with van der Waals surface area (Å²) in [5.41, 5.74) is 1.03. The van der Waals surface area contributed by atoms with Crippen molar-refractivity contribution in [2.75, 3.05) is 0 Å². The molecule has 3 aliphatic rings. The Morgan fingerprint density at radius 3 is 1.69 bits per heavy atom. The highest BCUT2D eigenvalue weighted by atomic mass is 16.5. The average molecular weight is 615 g/mol. The summed E-state index contributed by atoms with van der Waals surface area (Å²) in [4.78, 5) is 82.7. The lowest BCUT2D eigenvalue weighted by Gasteiger charge is -2.43. The Hall–Kier alpha value is -4.48. The molecule has 1 aliphatic carbocycles. The lowest BCUT2D eigenvalue weighted by Crippen LogP contribution is -2.67. The quantitative estimate of drug-likeness (QED) is 0.346. The van der Waals surface area contributed by atoms with Crippen LogP contribution in [-0.4, -0.2) is 75.7 Å². The van der Waals surface area contributed by atoms with Gasteiger partial charge in [0.25, 0.3) is 23.6 Å². The number of fused-ring (bicyclic) bond motifs is 2. The molecule has 5 rings (SSSR count). The van der Waals surface area contributed by atoms with Crippen LogP contribution in [0.2, 0.25) is 0 Å². The first-order valence-corrected chi connectivity index (χ1v) is 15.5. The van der Waals surface area contributed by atoms with E-state index in [1.54, 1.807) is 30.3 Å². The number of hydrogen-bond acceptors (Lipinski definition) is 8. The lowest BCUT2D eigenvalue weighted by atomic mass is 9.85. The molecule has 0 aromatic heterocycles. The van der Waals surface area contributed by atoms with Crippen molar-refractivity contribution in [1.29, 1.82) is 0 Å². The molecule has 0 saturated heterocycles. The molecule has 45 heavy (non-hydrogen) atoms. The summed E-state index contributed by atoms with van der Waals surface area (Å²) in [6.45, 7) is 7.22. The third kappa shape index (κ3) is 5.97. The molecule has 3 atom stereocenters. The monoisotopic (exact) mass is 614 g/mol. The van der Waals surface area contributed by atoms with Crippen LogP contribution in [0, 0.1) is 0 Å². The summed E-state index contributed by atoms with van der Waals surface area (Å²) >= 11 is 0. The lowest BCUT2D eigenvalue weighted by molar-refractivity contribution is -0.122. The second-order valence-corrected chi connectivity index (χ2v) is 11.5. The van der Waals surface area contributed by atoms with Gasteiger partial charge in [0, 0.05) is 19.4 Å². The summed E-state index contributed by atoms with van der Waals surface area (Å²) in [5, 5.41) is 6.17. The third-order valence-corrected chi connectivity index (χ3v) is 8.56. The van der Waals surface area contributed by atoms with Crippen molar-refractivity contribution < 1.29 is 33.5 Å².